The van der Waals surface area contributed by atoms with E-state index in [9.17, 15) is 13.2 Å². The largest absolute Gasteiger partial charge is 0.496 e. The highest BCUT2D eigenvalue weighted by molar-refractivity contribution is 7.89. The maximum atomic E-state index is 13.2. The van der Waals surface area contributed by atoms with Crippen LogP contribution in [0.2, 0.25) is 0 Å². The van der Waals surface area contributed by atoms with Gasteiger partial charge in [0.05, 0.1) is 19.1 Å². The lowest BCUT2D eigenvalue weighted by atomic mass is 10.2. The number of anilines is 1. The molecule has 0 atom stereocenters. The molecule has 1 aromatic heterocycles. The van der Waals surface area contributed by atoms with E-state index in [4.69, 9.17) is 13.9 Å². The third-order valence-corrected chi connectivity index (χ3v) is 7.53. The topological polar surface area (TPSA) is 124 Å². The van der Waals surface area contributed by atoms with Crippen molar-refractivity contribution in [3.63, 3.8) is 0 Å². The molecule has 4 rings (SSSR count). The van der Waals surface area contributed by atoms with Crippen LogP contribution in [0, 0.1) is 0 Å². The van der Waals surface area contributed by atoms with Crippen LogP contribution in [0.3, 0.4) is 0 Å². The lowest BCUT2D eigenvalue weighted by Gasteiger charge is -2.20. The number of aromatic nitrogens is 2. The highest BCUT2D eigenvalue weighted by atomic mass is 32.2. The summed E-state index contributed by atoms with van der Waals surface area (Å²) in [6.45, 7) is 2.33. The van der Waals surface area contributed by atoms with Crippen molar-refractivity contribution in [3.8, 4) is 23.0 Å². The first-order chi connectivity index (χ1) is 17.9. The van der Waals surface area contributed by atoms with Crippen molar-refractivity contribution in [3.05, 3.63) is 83.9 Å². The third-order valence-electron chi connectivity index (χ3n) is 5.60. The second kappa shape index (κ2) is 11.2. The zero-order valence-corrected chi connectivity index (χ0v) is 21.4. The van der Waals surface area contributed by atoms with Crippen molar-refractivity contribution >= 4 is 21.9 Å². The fraction of sp³-hybridized carbons (Fsp3) is 0.192. The summed E-state index contributed by atoms with van der Waals surface area (Å²) in [5.74, 6) is 0.490. The van der Waals surface area contributed by atoms with Gasteiger partial charge in [-0.15, -0.1) is 5.10 Å². The van der Waals surface area contributed by atoms with Gasteiger partial charge in [0.2, 0.25) is 10.0 Å². The number of methoxy groups -OCH3 is 2. The van der Waals surface area contributed by atoms with E-state index < -0.39 is 15.9 Å². The van der Waals surface area contributed by atoms with Gasteiger partial charge >= 0.3 is 6.01 Å². The van der Waals surface area contributed by atoms with Gasteiger partial charge in [-0.3, -0.25) is 10.1 Å². The quantitative estimate of drug-likeness (QED) is 0.328. The Morgan fingerprint density at radius 3 is 2.16 bits per heavy atom. The van der Waals surface area contributed by atoms with Crippen molar-refractivity contribution in [2.45, 2.75) is 18.4 Å². The summed E-state index contributed by atoms with van der Waals surface area (Å²) in [5.41, 5.74) is 1.55. The number of rotatable bonds is 10. The van der Waals surface area contributed by atoms with Crippen LogP contribution in [0.1, 0.15) is 22.8 Å². The Labute approximate surface area is 214 Å². The van der Waals surface area contributed by atoms with Crippen LogP contribution in [-0.2, 0) is 16.6 Å². The van der Waals surface area contributed by atoms with Crippen LogP contribution in [0.4, 0.5) is 6.01 Å². The van der Waals surface area contributed by atoms with Crippen LogP contribution in [-0.4, -0.2) is 49.6 Å². The lowest BCUT2D eigenvalue weighted by Crippen LogP contribution is -2.30. The highest BCUT2D eigenvalue weighted by Crippen LogP contribution is 2.37. The van der Waals surface area contributed by atoms with Crippen LogP contribution < -0.4 is 14.8 Å². The number of benzene rings is 3. The summed E-state index contributed by atoms with van der Waals surface area (Å²) in [7, 11) is -0.749. The molecule has 1 heterocycles. The molecular formula is C26H26N4O6S. The smallest absolute Gasteiger partial charge is 0.322 e. The van der Waals surface area contributed by atoms with Crippen LogP contribution in [0.25, 0.3) is 11.5 Å². The summed E-state index contributed by atoms with van der Waals surface area (Å²) in [4.78, 5) is 12.8. The van der Waals surface area contributed by atoms with Crippen LogP contribution in [0.5, 0.6) is 11.5 Å². The monoisotopic (exact) mass is 522 g/mol. The maximum absolute atomic E-state index is 13.2. The predicted molar refractivity (Wildman–Crippen MR) is 137 cm³/mol. The minimum absolute atomic E-state index is 0.0881. The van der Waals surface area contributed by atoms with Gasteiger partial charge in [-0.1, -0.05) is 48.4 Å². The zero-order chi connectivity index (χ0) is 26.4. The predicted octanol–water partition coefficient (Wildman–Crippen LogP) is 4.22. The average molecular weight is 523 g/mol. The second-order valence-corrected chi connectivity index (χ2v) is 9.78. The lowest BCUT2D eigenvalue weighted by molar-refractivity contribution is 0.102. The van der Waals surface area contributed by atoms with E-state index in [2.05, 4.69) is 15.5 Å². The van der Waals surface area contributed by atoms with Gasteiger partial charge in [0.1, 0.15) is 17.1 Å². The van der Waals surface area contributed by atoms with Gasteiger partial charge in [0.25, 0.3) is 11.8 Å². The number of amides is 1. The molecule has 10 nitrogen and oxygen atoms in total. The Balaban J connectivity index is 1.49. The molecule has 4 aromatic rings. The average Bonchev–Trinajstić information content (AvgIpc) is 3.39. The van der Waals surface area contributed by atoms with E-state index >= 15 is 0 Å². The standard InChI is InChI=1S/C26H26N4O6S/c1-4-30(17-18-9-6-5-7-10-18)37(32,33)20-15-13-19(14-16-20)24(31)27-26-29-28-25(36-26)23-21(34-2)11-8-12-22(23)35-3/h5-16H,4,17H2,1-3H3,(H,27,29,31). The number of ether oxygens (including phenoxy) is 2. The Bertz CT molecular complexity index is 1450. The molecule has 192 valence electrons. The molecule has 0 saturated carbocycles. The summed E-state index contributed by atoms with van der Waals surface area (Å²) in [5, 5.41) is 10.4. The Kier molecular flexibility index (Phi) is 7.85. The summed E-state index contributed by atoms with van der Waals surface area (Å²) in [6.07, 6.45) is 0. The van der Waals surface area contributed by atoms with Gasteiger partial charge in [-0.25, -0.2) is 8.42 Å². The molecule has 3 aromatic carbocycles. The number of nitrogens with zero attached hydrogens (tertiary/aromatic N) is 3. The highest BCUT2D eigenvalue weighted by Gasteiger charge is 2.24. The number of nitrogens with one attached hydrogen (secondary N) is 1. The summed E-state index contributed by atoms with van der Waals surface area (Å²) >= 11 is 0. The van der Waals surface area contributed by atoms with Gasteiger partial charge in [-0.05, 0) is 42.0 Å². The molecule has 0 aliphatic rings. The van der Waals surface area contributed by atoms with Gasteiger partial charge in [-0.2, -0.15) is 4.31 Å². The number of carbonyl (C=O) groups is 1. The maximum Gasteiger partial charge on any atom is 0.322 e. The number of sulfonamides is 1. The zero-order valence-electron chi connectivity index (χ0n) is 20.5. The fourth-order valence-electron chi connectivity index (χ4n) is 3.69. The Morgan fingerprint density at radius 2 is 1.57 bits per heavy atom. The van der Waals surface area contributed by atoms with Crippen molar-refractivity contribution in [1.29, 1.82) is 0 Å². The molecule has 0 unspecified atom stereocenters. The number of carbonyl (C=O) groups excluding carboxylic acids is 1. The second-order valence-electron chi connectivity index (χ2n) is 7.85. The Hall–Kier alpha value is -4.22. The van der Waals surface area contributed by atoms with Gasteiger partial charge in [0, 0.05) is 18.7 Å². The number of hydrogen-bond donors (Lipinski definition) is 1. The minimum Gasteiger partial charge on any atom is -0.496 e. The molecule has 37 heavy (non-hydrogen) atoms. The molecule has 11 heteroatoms. The summed E-state index contributed by atoms with van der Waals surface area (Å²) < 4.78 is 44.0. The molecular weight excluding hydrogens is 496 g/mol. The molecule has 0 fully saturated rings. The van der Waals surface area contributed by atoms with Gasteiger partial charge in [0.15, 0.2) is 0 Å². The molecule has 0 spiro atoms. The molecule has 0 saturated heterocycles. The molecule has 0 aliphatic carbocycles. The van der Waals surface area contributed by atoms with Gasteiger partial charge < -0.3 is 13.9 Å². The van der Waals surface area contributed by atoms with Crippen molar-refractivity contribution < 1.29 is 27.1 Å². The van der Waals surface area contributed by atoms with E-state index in [1.165, 1.54) is 42.8 Å². The molecule has 1 N–H and O–H groups in total. The fourth-order valence-corrected chi connectivity index (χ4v) is 5.12. The third kappa shape index (κ3) is 5.63. The molecule has 0 aliphatic heterocycles. The van der Waals surface area contributed by atoms with Crippen molar-refractivity contribution in [1.82, 2.24) is 14.5 Å². The van der Waals surface area contributed by atoms with E-state index in [1.807, 2.05) is 30.3 Å². The van der Waals surface area contributed by atoms with E-state index in [0.717, 1.165) is 5.56 Å². The normalized spacial score (nSPS) is 11.4. The summed E-state index contributed by atoms with van der Waals surface area (Å²) in [6, 6.07) is 20.1. The first-order valence-electron chi connectivity index (χ1n) is 11.4. The van der Waals surface area contributed by atoms with E-state index in [0.29, 0.717) is 23.6 Å². The first-order valence-corrected chi connectivity index (χ1v) is 12.8. The van der Waals surface area contributed by atoms with E-state index in [1.54, 1.807) is 25.1 Å². The first kappa shape index (κ1) is 25.9. The minimum atomic E-state index is -3.75. The molecule has 0 bridgehead atoms. The van der Waals surface area contributed by atoms with Crippen molar-refractivity contribution in [2.75, 3.05) is 26.1 Å². The molecule has 1 amide bonds. The Morgan fingerprint density at radius 1 is 0.919 bits per heavy atom. The van der Waals surface area contributed by atoms with Crippen LogP contribution >= 0.6 is 0 Å². The SMILES string of the molecule is CCN(Cc1ccccc1)S(=O)(=O)c1ccc(C(=O)Nc2nnc(-c3c(OC)cccc3OC)o2)cc1. The van der Waals surface area contributed by atoms with Crippen molar-refractivity contribution in [2.24, 2.45) is 0 Å². The number of hydrogen-bond acceptors (Lipinski definition) is 8. The molecule has 0 radical (unpaired) electrons. The van der Waals surface area contributed by atoms with Crippen LogP contribution in [0.15, 0.2) is 82.1 Å². The van der Waals surface area contributed by atoms with E-state index in [-0.39, 0.29) is 28.9 Å².